The fourth-order valence-corrected chi connectivity index (χ4v) is 6.69. The molecule has 3 atom stereocenters. The van der Waals surface area contributed by atoms with Gasteiger partial charge in [-0.2, -0.15) is 5.10 Å². The normalized spacial score (nSPS) is 20.0. The molecule has 1 aliphatic carbocycles. The largest absolute Gasteiger partial charge is 0.484 e. The molecular formula is C37H44N8O2. The number of nitrogens with zero attached hydrogens (tertiary/aromatic N) is 5. The second-order valence-corrected chi connectivity index (χ2v) is 13.9. The molecule has 1 saturated heterocycles. The van der Waals surface area contributed by atoms with Gasteiger partial charge >= 0.3 is 6.03 Å². The Morgan fingerprint density at radius 3 is 2.57 bits per heavy atom. The van der Waals surface area contributed by atoms with Gasteiger partial charge in [0.1, 0.15) is 23.5 Å². The van der Waals surface area contributed by atoms with E-state index >= 15 is 0 Å². The molecule has 0 radical (unpaired) electrons. The number of amides is 2. The number of hydrogen-bond acceptors (Lipinski definition) is 6. The molecule has 5 aromatic rings. The van der Waals surface area contributed by atoms with E-state index in [1.165, 1.54) is 18.4 Å². The molecule has 7 rings (SSSR count). The number of carbonyl (C=O) groups excluding carboxylic acids is 1. The molecule has 1 unspecified atom stereocenters. The third-order valence-corrected chi connectivity index (χ3v) is 9.33. The van der Waals surface area contributed by atoms with E-state index in [0.717, 1.165) is 72.1 Å². The molecule has 4 heterocycles. The van der Waals surface area contributed by atoms with Crippen LogP contribution in [0.2, 0.25) is 0 Å². The molecule has 2 aliphatic rings. The van der Waals surface area contributed by atoms with E-state index in [1.807, 2.05) is 65.5 Å². The van der Waals surface area contributed by atoms with Crippen LogP contribution >= 0.6 is 0 Å². The summed E-state index contributed by atoms with van der Waals surface area (Å²) in [7, 11) is 0. The summed E-state index contributed by atoms with van der Waals surface area (Å²) in [5.41, 5.74) is 5.77. The molecule has 10 nitrogen and oxygen atoms in total. The van der Waals surface area contributed by atoms with Crippen molar-refractivity contribution in [3.05, 3.63) is 101 Å². The first kappa shape index (κ1) is 30.9. The Kier molecular flexibility index (Phi) is 8.44. The van der Waals surface area contributed by atoms with Crippen LogP contribution in [-0.4, -0.2) is 43.5 Å². The fraction of sp³-hybridized carbons (Fsp3) is 0.405. The number of carbonyl (C=O) groups is 1. The minimum Gasteiger partial charge on any atom is -0.484 e. The number of benzene rings is 2. The second kappa shape index (κ2) is 12.8. The molecule has 244 valence electrons. The number of hydrogen-bond donors (Lipinski definition) is 3. The van der Waals surface area contributed by atoms with E-state index in [0.29, 0.717) is 11.7 Å². The number of urea groups is 1. The molecule has 3 aromatic heterocycles. The number of pyridine rings is 1. The van der Waals surface area contributed by atoms with E-state index in [4.69, 9.17) is 9.84 Å². The molecule has 2 amide bonds. The van der Waals surface area contributed by atoms with Crippen LogP contribution in [0, 0.1) is 6.92 Å². The molecule has 2 aromatic carbocycles. The van der Waals surface area contributed by atoms with Gasteiger partial charge in [-0.15, -0.1) is 10.2 Å². The minimum atomic E-state index is -0.267. The zero-order chi connectivity index (χ0) is 32.5. The Bertz CT molecular complexity index is 1860. The summed E-state index contributed by atoms with van der Waals surface area (Å²) in [6.07, 6.45) is 6.87. The lowest BCUT2D eigenvalue weighted by molar-refractivity contribution is 0.171. The van der Waals surface area contributed by atoms with Crippen LogP contribution < -0.4 is 20.7 Å². The van der Waals surface area contributed by atoms with Gasteiger partial charge in [-0.3, -0.25) is 9.72 Å². The maximum absolute atomic E-state index is 13.5. The lowest BCUT2D eigenvalue weighted by Gasteiger charge is -2.32. The van der Waals surface area contributed by atoms with E-state index in [1.54, 1.807) is 0 Å². The van der Waals surface area contributed by atoms with Crippen LogP contribution in [0.15, 0.2) is 72.9 Å². The molecule has 10 heteroatoms. The first-order chi connectivity index (χ1) is 22.7. The van der Waals surface area contributed by atoms with Gasteiger partial charge in [0, 0.05) is 23.9 Å². The zero-order valence-corrected chi connectivity index (χ0v) is 27.7. The smallest absolute Gasteiger partial charge is 0.320 e. The monoisotopic (exact) mass is 632 g/mol. The fourth-order valence-electron chi connectivity index (χ4n) is 6.69. The molecule has 0 saturated carbocycles. The van der Waals surface area contributed by atoms with Crippen molar-refractivity contribution in [2.45, 2.75) is 83.3 Å². The van der Waals surface area contributed by atoms with Crippen LogP contribution in [0.1, 0.15) is 99.1 Å². The minimum absolute atomic E-state index is 0.137. The van der Waals surface area contributed by atoms with Crippen molar-refractivity contribution in [2.75, 3.05) is 18.4 Å². The molecule has 3 N–H and O–H groups in total. The van der Waals surface area contributed by atoms with E-state index in [9.17, 15) is 4.79 Å². The van der Waals surface area contributed by atoms with Crippen molar-refractivity contribution in [3.8, 4) is 11.4 Å². The van der Waals surface area contributed by atoms with Crippen LogP contribution in [0.4, 0.5) is 10.6 Å². The maximum Gasteiger partial charge on any atom is 0.320 e. The predicted octanol–water partition coefficient (Wildman–Crippen LogP) is 7.15. The van der Waals surface area contributed by atoms with Crippen molar-refractivity contribution in [1.82, 2.24) is 35.0 Å². The third kappa shape index (κ3) is 6.60. The average Bonchev–Trinajstić information content (AvgIpc) is 3.58. The van der Waals surface area contributed by atoms with Gasteiger partial charge in [0.25, 0.3) is 0 Å². The Morgan fingerprint density at radius 2 is 1.77 bits per heavy atom. The summed E-state index contributed by atoms with van der Waals surface area (Å²) in [6, 6.07) is 21.9. The highest BCUT2D eigenvalue weighted by Gasteiger charge is 2.30. The Hall–Kier alpha value is -4.70. The Balaban J connectivity index is 1.08. The van der Waals surface area contributed by atoms with E-state index in [-0.39, 0.29) is 23.6 Å². The molecule has 1 aliphatic heterocycles. The highest BCUT2D eigenvalue weighted by molar-refractivity contribution is 5.89. The molecule has 47 heavy (non-hydrogen) atoms. The van der Waals surface area contributed by atoms with Gasteiger partial charge in [0.05, 0.1) is 23.6 Å². The highest BCUT2D eigenvalue weighted by Crippen LogP contribution is 2.39. The van der Waals surface area contributed by atoms with Gasteiger partial charge in [-0.05, 0) is 74.5 Å². The number of aromatic nitrogens is 5. The lowest BCUT2D eigenvalue weighted by Crippen LogP contribution is -2.36. The van der Waals surface area contributed by atoms with Gasteiger partial charge in [0.2, 0.25) is 0 Å². The number of fused-ring (bicyclic) bond motifs is 2. The first-order valence-electron chi connectivity index (χ1n) is 16.8. The van der Waals surface area contributed by atoms with E-state index < -0.39 is 0 Å². The molecule has 1 fully saturated rings. The van der Waals surface area contributed by atoms with Crippen molar-refractivity contribution in [2.24, 2.45) is 0 Å². The Morgan fingerprint density at radius 1 is 0.957 bits per heavy atom. The highest BCUT2D eigenvalue weighted by atomic mass is 16.5. The number of anilines is 1. The zero-order valence-electron chi connectivity index (χ0n) is 27.7. The summed E-state index contributed by atoms with van der Waals surface area (Å²) >= 11 is 0. The van der Waals surface area contributed by atoms with Crippen molar-refractivity contribution in [1.29, 1.82) is 0 Å². The van der Waals surface area contributed by atoms with E-state index in [2.05, 4.69) is 70.4 Å². The van der Waals surface area contributed by atoms with Crippen molar-refractivity contribution in [3.63, 3.8) is 0 Å². The average molecular weight is 633 g/mol. The number of rotatable bonds is 6. The van der Waals surface area contributed by atoms with Gasteiger partial charge in [0.15, 0.2) is 5.65 Å². The number of aryl methyl sites for hydroxylation is 1. The quantitative estimate of drug-likeness (QED) is 0.183. The molecule has 0 spiro atoms. The topological polar surface area (TPSA) is 110 Å². The van der Waals surface area contributed by atoms with Gasteiger partial charge < -0.3 is 15.4 Å². The summed E-state index contributed by atoms with van der Waals surface area (Å²) in [5, 5.41) is 23.7. The predicted molar refractivity (Wildman–Crippen MR) is 183 cm³/mol. The van der Waals surface area contributed by atoms with Gasteiger partial charge in [-0.25, -0.2) is 9.48 Å². The third-order valence-electron chi connectivity index (χ3n) is 9.33. The molecule has 0 bridgehead atoms. The van der Waals surface area contributed by atoms with Crippen LogP contribution in [0.5, 0.6) is 5.75 Å². The molecular weight excluding hydrogens is 588 g/mol. The van der Waals surface area contributed by atoms with Crippen LogP contribution in [-0.2, 0) is 5.41 Å². The van der Waals surface area contributed by atoms with Crippen LogP contribution in [0.3, 0.4) is 0 Å². The first-order valence-corrected chi connectivity index (χ1v) is 16.8. The number of nitrogens with one attached hydrogen (secondary N) is 3. The summed E-state index contributed by atoms with van der Waals surface area (Å²) in [4.78, 5) is 13.5. The number of ether oxygens (including phenoxy) is 1. The maximum atomic E-state index is 13.5. The summed E-state index contributed by atoms with van der Waals surface area (Å²) < 4.78 is 10.5. The van der Waals surface area contributed by atoms with Crippen LogP contribution in [0.25, 0.3) is 11.3 Å². The van der Waals surface area contributed by atoms with Gasteiger partial charge in [-0.1, -0.05) is 69.2 Å². The standard InChI is InChI=1S/C37H44N8O2/c1-24-12-14-26(15-13-24)45-34(21-32(43-45)37(2,3)4)40-36(46)39-30-17-18-31(29-11-6-5-10-28(29)30)47-27-16-19-33-41-42-35(44(33)23-27)25-9-7-8-20-38-22-25/h5-6,10-16,19,21,23,25,30-31,38H,7-9,17-18,20,22H2,1-4H3,(H2,39,40,46)/t25?,30-,31+/m0/s1. The summed E-state index contributed by atoms with van der Waals surface area (Å²) in [6.45, 7) is 10.4. The Labute approximate surface area is 275 Å². The summed E-state index contributed by atoms with van der Waals surface area (Å²) in [5.74, 6) is 2.72. The SMILES string of the molecule is Cc1ccc(-n2nc(C(C)(C)C)cc2NC(=O)N[C@H]2CC[C@@H](Oc3ccc4nnc(C5CCCCNC5)n4c3)c3ccccc32)cc1. The van der Waals surface area contributed by atoms with Crippen molar-refractivity contribution >= 4 is 17.5 Å². The van der Waals surface area contributed by atoms with Crippen molar-refractivity contribution < 1.29 is 9.53 Å². The lowest BCUT2D eigenvalue weighted by atomic mass is 9.85. The second-order valence-electron chi connectivity index (χ2n) is 13.9.